The highest BCUT2D eigenvalue weighted by molar-refractivity contribution is 7.99. The highest BCUT2D eigenvalue weighted by Gasteiger charge is 2.18. The van der Waals surface area contributed by atoms with Crippen molar-refractivity contribution in [3.63, 3.8) is 0 Å². The average molecular weight is 273 g/mol. The molecule has 1 heterocycles. The van der Waals surface area contributed by atoms with Crippen LogP contribution in [0.3, 0.4) is 0 Å². The van der Waals surface area contributed by atoms with Gasteiger partial charge >= 0.3 is 0 Å². The van der Waals surface area contributed by atoms with Crippen molar-refractivity contribution >= 4 is 11.8 Å². The van der Waals surface area contributed by atoms with Crippen LogP contribution in [0, 0.1) is 11.3 Å². The number of aliphatic hydroxyl groups excluding tert-OH is 1. The first kappa shape index (κ1) is 16.3. The molecule has 1 atom stereocenters. The summed E-state index contributed by atoms with van der Waals surface area (Å²) in [7, 11) is 0. The fraction of sp³-hybridized carbons (Fsp3) is 1.00. The van der Waals surface area contributed by atoms with Crippen LogP contribution in [0.1, 0.15) is 46.5 Å². The van der Waals surface area contributed by atoms with E-state index >= 15 is 0 Å². The minimum absolute atomic E-state index is 0.348. The molecule has 0 aromatic carbocycles. The zero-order valence-electron chi connectivity index (χ0n) is 12.5. The monoisotopic (exact) mass is 273 g/mol. The van der Waals surface area contributed by atoms with Crippen LogP contribution in [0.4, 0.5) is 0 Å². The molecule has 3 heteroatoms. The number of nitrogens with zero attached hydrogens (tertiary/aromatic N) is 1. The zero-order valence-corrected chi connectivity index (χ0v) is 13.3. The molecule has 108 valence electrons. The molecule has 1 N–H and O–H groups in total. The molecular weight excluding hydrogens is 242 g/mol. The molecule has 18 heavy (non-hydrogen) atoms. The highest BCUT2D eigenvalue weighted by atomic mass is 32.2. The number of aliphatic hydroxyl groups is 1. The third kappa shape index (κ3) is 7.65. The summed E-state index contributed by atoms with van der Waals surface area (Å²) in [5, 5.41) is 9.17. The molecule has 1 fully saturated rings. The molecule has 0 aliphatic carbocycles. The Morgan fingerprint density at radius 3 is 2.39 bits per heavy atom. The maximum atomic E-state index is 9.17. The Morgan fingerprint density at radius 2 is 1.83 bits per heavy atom. The fourth-order valence-corrected chi connectivity index (χ4v) is 3.80. The number of thioether (sulfide) groups is 1. The van der Waals surface area contributed by atoms with E-state index in [-0.39, 0.29) is 0 Å². The minimum atomic E-state index is 0.348. The topological polar surface area (TPSA) is 23.5 Å². The summed E-state index contributed by atoms with van der Waals surface area (Å²) in [4.78, 5) is 2.60. The largest absolute Gasteiger partial charge is 0.396 e. The maximum absolute atomic E-state index is 9.17. The molecule has 1 saturated heterocycles. The second-order valence-corrected chi connectivity index (χ2v) is 7.96. The van der Waals surface area contributed by atoms with Gasteiger partial charge in [0, 0.05) is 31.2 Å². The summed E-state index contributed by atoms with van der Waals surface area (Å²) >= 11 is 2.08. The van der Waals surface area contributed by atoms with Gasteiger partial charge in [0.25, 0.3) is 0 Å². The molecule has 1 aliphatic heterocycles. The molecule has 1 rings (SSSR count). The third-order valence-electron chi connectivity index (χ3n) is 3.63. The van der Waals surface area contributed by atoms with E-state index in [1.807, 2.05) is 0 Å². The Kier molecular flexibility index (Phi) is 7.66. The lowest BCUT2D eigenvalue weighted by atomic mass is 9.81. The lowest BCUT2D eigenvalue weighted by Crippen LogP contribution is -2.33. The van der Waals surface area contributed by atoms with Crippen molar-refractivity contribution in [3.8, 4) is 0 Å². The second-order valence-electron chi connectivity index (χ2n) is 6.74. The fourth-order valence-electron chi connectivity index (χ4n) is 2.83. The third-order valence-corrected chi connectivity index (χ3v) is 4.57. The molecular formula is C15H31NOS. The summed E-state index contributed by atoms with van der Waals surface area (Å²) in [6.45, 7) is 11.1. The maximum Gasteiger partial charge on any atom is 0.0433 e. The Balaban J connectivity index is 2.19. The van der Waals surface area contributed by atoms with Crippen molar-refractivity contribution < 1.29 is 5.11 Å². The number of hydrogen-bond donors (Lipinski definition) is 1. The van der Waals surface area contributed by atoms with Gasteiger partial charge in [0.05, 0.1) is 0 Å². The quantitative estimate of drug-likeness (QED) is 0.770. The Morgan fingerprint density at radius 1 is 1.17 bits per heavy atom. The SMILES string of the molecule is CC(C)(C)C[C@@H](CCO)CCCN1CCSCC1. The van der Waals surface area contributed by atoms with Crippen LogP contribution in [0.25, 0.3) is 0 Å². The van der Waals surface area contributed by atoms with E-state index in [9.17, 15) is 0 Å². The van der Waals surface area contributed by atoms with Crippen LogP contribution in [0.5, 0.6) is 0 Å². The molecule has 0 aromatic rings. The smallest absolute Gasteiger partial charge is 0.0433 e. The normalized spacial score (nSPS) is 20.0. The average Bonchev–Trinajstić information content (AvgIpc) is 2.28. The predicted molar refractivity (Wildman–Crippen MR) is 82.3 cm³/mol. The lowest BCUT2D eigenvalue weighted by Gasteiger charge is -2.28. The van der Waals surface area contributed by atoms with Crippen LogP contribution < -0.4 is 0 Å². The van der Waals surface area contributed by atoms with Gasteiger partial charge in [0.1, 0.15) is 0 Å². The van der Waals surface area contributed by atoms with Crippen molar-refractivity contribution in [1.82, 2.24) is 4.90 Å². The van der Waals surface area contributed by atoms with Crippen LogP contribution >= 0.6 is 11.8 Å². The number of rotatable bonds is 7. The standard InChI is InChI=1S/C15H31NOS/c1-15(2,3)13-14(6-10-17)5-4-7-16-8-11-18-12-9-16/h14,17H,4-13H2,1-3H3/t14-/m1/s1. The Hall–Kier alpha value is 0.270. The van der Waals surface area contributed by atoms with Gasteiger partial charge in [-0.25, -0.2) is 0 Å². The van der Waals surface area contributed by atoms with Gasteiger partial charge in [0.15, 0.2) is 0 Å². The first-order chi connectivity index (χ1) is 8.51. The van der Waals surface area contributed by atoms with Gasteiger partial charge in [-0.1, -0.05) is 20.8 Å². The second kappa shape index (κ2) is 8.44. The van der Waals surface area contributed by atoms with Gasteiger partial charge in [-0.2, -0.15) is 11.8 Å². The molecule has 0 amide bonds. The molecule has 0 saturated carbocycles. The van der Waals surface area contributed by atoms with E-state index in [0.29, 0.717) is 17.9 Å². The Labute approximate surface area is 118 Å². The van der Waals surface area contributed by atoms with Crippen molar-refractivity contribution in [1.29, 1.82) is 0 Å². The molecule has 0 unspecified atom stereocenters. The first-order valence-corrected chi connectivity index (χ1v) is 8.58. The molecule has 0 spiro atoms. The summed E-state index contributed by atoms with van der Waals surface area (Å²) in [5.41, 5.74) is 0.390. The molecule has 2 nitrogen and oxygen atoms in total. The van der Waals surface area contributed by atoms with Crippen molar-refractivity contribution in [3.05, 3.63) is 0 Å². The summed E-state index contributed by atoms with van der Waals surface area (Å²) in [5.74, 6) is 3.32. The van der Waals surface area contributed by atoms with Crippen LogP contribution in [-0.4, -0.2) is 47.8 Å². The molecule has 0 bridgehead atoms. The molecule has 1 aliphatic rings. The molecule has 0 aromatic heterocycles. The van der Waals surface area contributed by atoms with Gasteiger partial charge in [0.2, 0.25) is 0 Å². The summed E-state index contributed by atoms with van der Waals surface area (Å²) in [6, 6.07) is 0. The van der Waals surface area contributed by atoms with Gasteiger partial charge in [-0.3, -0.25) is 0 Å². The van der Waals surface area contributed by atoms with Crippen LogP contribution in [0.2, 0.25) is 0 Å². The van der Waals surface area contributed by atoms with E-state index < -0.39 is 0 Å². The van der Waals surface area contributed by atoms with E-state index in [0.717, 1.165) is 6.42 Å². The van der Waals surface area contributed by atoms with Crippen LogP contribution in [-0.2, 0) is 0 Å². The summed E-state index contributed by atoms with van der Waals surface area (Å²) < 4.78 is 0. The predicted octanol–water partition coefficient (Wildman–Crippen LogP) is 3.25. The number of hydrogen-bond acceptors (Lipinski definition) is 3. The minimum Gasteiger partial charge on any atom is -0.396 e. The van der Waals surface area contributed by atoms with Gasteiger partial charge in [-0.05, 0) is 43.6 Å². The van der Waals surface area contributed by atoms with E-state index in [1.165, 1.54) is 50.4 Å². The molecule has 0 radical (unpaired) electrons. The van der Waals surface area contributed by atoms with Gasteiger partial charge in [-0.15, -0.1) is 0 Å². The van der Waals surface area contributed by atoms with E-state index in [4.69, 9.17) is 5.11 Å². The van der Waals surface area contributed by atoms with Crippen molar-refractivity contribution in [2.75, 3.05) is 37.7 Å². The van der Waals surface area contributed by atoms with E-state index in [2.05, 4.69) is 37.4 Å². The first-order valence-electron chi connectivity index (χ1n) is 7.42. The van der Waals surface area contributed by atoms with Gasteiger partial charge < -0.3 is 10.0 Å². The zero-order chi connectivity index (χ0) is 13.4. The highest BCUT2D eigenvalue weighted by Crippen LogP contribution is 2.29. The van der Waals surface area contributed by atoms with Crippen LogP contribution in [0.15, 0.2) is 0 Å². The Bertz CT molecular complexity index is 209. The van der Waals surface area contributed by atoms with E-state index in [1.54, 1.807) is 0 Å². The summed E-state index contributed by atoms with van der Waals surface area (Å²) in [6.07, 6.45) is 4.80. The van der Waals surface area contributed by atoms with Crippen molar-refractivity contribution in [2.45, 2.75) is 46.5 Å². The lowest BCUT2D eigenvalue weighted by molar-refractivity contribution is 0.200. The van der Waals surface area contributed by atoms with Crippen molar-refractivity contribution in [2.24, 2.45) is 11.3 Å².